The Morgan fingerprint density at radius 2 is 1.79 bits per heavy atom. The summed E-state index contributed by atoms with van der Waals surface area (Å²) < 4.78 is 15.7. The molecule has 0 aliphatic carbocycles. The number of nitrogens with zero attached hydrogens (tertiary/aromatic N) is 1. The summed E-state index contributed by atoms with van der Waals surface area (Å²) in [7, 11) is 1.28. The second-order valence-electron chi connectivity index (χ2n) is 4.54. The third-order valence-corrected chi connectivity index (χ3v) is 2.10. The molecule has 0 fully saturated rings. The minimum absolute atomic E-state index is 0.0284. The Balaban J connectivity index is 3.25. The molecule has 0 bridgehead atoms. The fourth-order valence-electron chi connectivity index (χ4n) is 1.47. The maximum atomic E-state index is 11.7. The van der Waals surface area contributed by atoms with Crippen molar-refractivity contribution in [1.82, 2.24) is 4.98 Å². The first-order valence-corrected chi connectivity index (χ1v) is 6.07. The molecule has 0 aliphatic heterocycles. The molecule has 0 unspecified atom stereocenters. The van der Waals surface area contributed by atoms with Gasteiger partial charge in [-0.05, 0) is 27.7 Å². The molecule has 6 heteroatoms. The Morgan fingerprint density at radius 3 is 2.26 bits per heavy atom. The Bertz CT molecular complexity index is 458. The van der Waals surface area contributed by atoms with Gasteiger partial charge in [-0.3, -0.25) is 0 Å². The van der Waals surface area contributed by atoms with Crippen LogP contribution < -0.4 is 15.2 Å². The highest BCUT2D eigenvalue weighted by atomic mass is 16.5. The molecule has 2 N–H and O–H groups in total. The lowest BCUT2D eigenvalue weighted by Crippen LogP contribution is -2.16. The quantitative estimate of drug-likeness (QED) is 0.822. The third kappa shape index (κ3) is 4.01. The van der Waals surface area contributed by atoms with Gasteiger partial charge in [0.1, 0.15) is 17.1 Å². The number of ether oxygens (including phenoxy) is 3. The lowest BCUT2D eigenvalue weighted by atomic mass is 10.2. The van der Waals surface area contributed by atoms with Gasteiger partial charge < -0.3 is 19.9 Å². The molecule has 19 heavy (non-hydrogen) atoms. The molecule has 0 amide bonds. The number of hydrogen-bond acceptors (Lipinski definition) is 6. The molecule has 0 atom stereocenters. The molecule has 106 valence electrons. The fourth-order valence-corrected chi connectivity index (χ4v) is 1.47. The van der Waals surface area contributed by atoms with Crippen molar-refractivity contribution in [2.45, 2.75) is 39.9 Å². The molecular weight excluding hydrogens is 248 g/mol. The van der Waals surface area contributed by atoms with E-state index in [1.807, 2.05) is 27.7 Å². The molecule has 1 rings (SSSR count). The molecule has 0 spiro atoms. The summed E-state index contributed by atoms with van der Waals surface area (Å²) in [6, 6.07) is 1.54. The van der Waals surface area contributed by atoms with E-state index in [1.165, 1.54) is 7.11 Å². The maximum Gasteiger partial charge on any atom is 0.345 e. The van der Waals surface area contributed by atoms with Crippen LogP contribution in [0.3, 0.4) is 0 Å². The molecule has 6 nitrogen and oxygen atoms in total. The number of nitrogens with two attached hydrogens (primary N) is 1. The lowest BCUT2D eigenvalue weighted by molar-refractivity contribution is 0.0595. The number of nitrogen functional groups attached to an aromatic ring is 1. The Kier molecular flexibility index (Phi) is 4.97. The number of rotatable bonds is 5. The summed E-state index contributed by atoms with van der Waals surface area (Å²) in [6.07, 6.45) is -0.167. The number of methoxy groups -OCH3 is 1. The van der Waals surface area contributed by atoms with Crippen molar-refractivity contribution >= 4 is 11.8 Å². The standard InChI is InChI=1S/C13H20N2O4/c1-7(2)18-9-6-10(19-8(3)4)15-12(14)11(9)13(16)17-5/h6-8H,1-5H3,(H2,14,15). The van der Waals surface area contributed by atoms with Gasteiger partial charge in [0, 0.05) is 6.07 Å². The molecule has 1 heterocycles. The highest BCUT2D eigenvalue weighted by molar-refractivity contribution is 5.97. The summed E-state index contributed by atoms with van der Waals surface area (Å²) in [5.74, 6) is 0.0678. The molecule has 1 aromatic rings. The summed E-state index contributed by atoms with van der Waals surface area (Å²) in [5, 5.41) is 0. The second-order valence-corrected chi connectivity index (χ2v) is 4.54. The smallest absolute Gasteiger partial charge is 0.345 e. The van der Waals surface area contributed by atoms with E-state index in [2.05, 4.69) is 9.72 Å². The van der Waals surface area contributed by atoms with Gasteiger partial charge in [-0.15, -0.1) is 0 Å². The number of hydrogen-bond donors (Lipinski definition) is 1. The van der Waals surface area contributed by atoms with E-state index in [9.17, 15) is 4.79 Å². The van der Waals surface area contributed by atoms with Gasteiger partial charge >= 0.3 is 5.97 Å². The van der Waals surface area contributed by atoms with Crippen LogP contribution >= 0.6 is 0 Å². The van der Waals surface area contributed by atoms with E-state index in [0.717, 1.165) is 0 Å². The number of aromatic nitrogens is 1. The van der Waals surface area contributed by atoms with Crippen LogP contribution in [0.25, 0.3) is 0 Å². The van der Waals surface area contributed by atoms with Crippen molar-refractivity contribution < 1.29 is 19.0 Å². The zero-order valence-electron chi connectivity index (χ0n) is 11.9. The Morgan fingerprint density at radius 1 is 1.21 bits per heavy atom. The van der Waals surface area contributed by atoms with Crippen LogP contribution in [0.15, 0.2) is 6.07 Å². The predicted molar refractivity (Wildman–Crippen MR) is 71.5 cm³/mol. The summed E-state index contributed by atoms with van der Waals surface area (Å²) in [4.78, 5) is 15.7. The molecule has 0 saturated heterocycles. The van der Waals surface area contributed by atoms with E-state index >= 15 is 0 Å². The first-order chi connectivity index (χ1) is 8.85. The van der Waals surface area contributed by atoms with E-state index in [0.29, 0.717) is 11.6 Å². The zero-order valence-corrected chi connectivity index (χ0v) is 11.9. The number of pyridine rings is 1. The van der Waals surface area contributed by atoms with Gasteiger partial charge in [-0.1, -0.05) is 0 Å². The van der Waals surface area contributed by atoms with Crippen LogP contribution in [-0.2, 0) is 4.74 Å². The highest BCUT2D eigenvalue weighted by Gasteiger charge is 2.21. The van der Waals surface area contributed by atoms with Crippen molar-refractivity contribution in [2.24, 2.45) is 0 Å². The number of carbonyl (C=O) groups is 1. The van der Waals surface area contributed by atoms with Crippen LogP contribution in [0.1, 0.15) is 38.1 Å². The van der Waals surface area contributed by atoms with Crippen molar-refractivity contribution in [3.05, 3.63) is 11.6 Å². The van der Waals surface area contributed by atoms with Crippen LogP contribution in [-0.4, -0.2) is 30.3 Å². The minimum Gasteiger partial charge on any atom is -0.490 e. The molecular formula is C13H20N2O4. The van der Waals surface area contributed by atoms with Crippen molar-refractivity contribution in [3.8, 4) is 11.6 Å². The normalized spacial score (nSPS) is 10.7. The predicted octanol–water partition coefficient (Wildman–Crippen LogP) is 2.02. The molecule has 0 radical (unpaired) electrons. The zero-order chi connectivity index (χ0) is 14.6. The first-order valence-electron chi connectivity index (χ1n) is 6.07. The van der Waals surface area contributed by atoms with Crippen LogP contribution in [0.5, 0.6) is 11.6 Å². The van der Waals surface area contributed by atoms with Crippen molar-refractivity contribution in [2.75, 3.05) is 12.8 Å². The van der Waals surface area contributed by atoms with Gasteiger partial charge in [0.05, 0.1) is 19.3 Å². The van der Waals surface area contributed by atoms with Crippen LogP contribution in [0.2, 0.25) is 0 Å². The van der Waals surface area contributed by atoms with Gasteiger partial charge in [-0.25, -0.2) is 4.79 Å². The van der Waals surface area contributed by atoms with Crippen molar-refractivity contribution in [1.29, 1.82) is 0 Å². The van der Waals surface area contributed by atoms with Crippen LogP contribution in [0, 0.1) is 0 Å². The van der Waals surface area contributed by atoms with Crippen molar-refractivity contribution in [3.63, 3.8) is 0 Å². The lowest BCUT2D eigenvalue weighted by Gasteiger charge is -2.16. The number of esters is 1. The fraction of sp³-hybridized carbons (Fsp3) is 0.538. The van der Waals surface area contributed by atoms with E-state index in [4.69, 9.17) is 15.2 Å². The average Bonchev–Trinajstić information content (AvgIpc) is 2.25. The highest BCUT2D eigenvalue weighted by Crippen LogP contribution is 2.29. The van der Waals surface area contributed by atoms with E-state index in [-0.39, 0.29) is 23.6 Å². The largest absolute Gasteiger partial charge is 0.490 e. The molecule has 1 aromatic heterocycles. The Labute approximate surface area is 112 Å². The SMILES string of the molecule is COC(=O)c1c(OC(C)C)cc(OC(C)C)nc1N. The monoisotopic (exact) mass is 268 g/mol. The minimum atomic E-state index is -0.586. The third-order valence-electron chi connectivity index (χ3n) is 2.10. The number of anilines is 1. The molecule has 0 aromatic carbocycles. The summed E-state index contributed by atoms with van der Waals surface area (Å²) >= 11 is 0. The number of carbonyl (C=O) groups excluding carboxylic acids is 1. The summed E-state index contributed by atoms with van der Waals surface area (Å²) in [5.41, 5.74) is 5.90. The van der Waals surface area contributed by atoms with E-state index < -0.39 is 5.97 Å². The Hall–Kier alpha value is -1.98. The molecule has 0 aliphatic rings. The second kappa shape index (κ2) is 6.26. The van der Waals surface area contributed by atoms with Gasteiger partial charge in [-0.2, -0.15) is 4.98 Å². The van der Waals surface area contributed by atoms with Gasteiger partial charge in [0.25, 0.3) is 0 Å². The van der Waals surface area contributed by atoms with Crippen LogP contribution in [0.4, 0.5) is 5.82 Å². The molecule has 0 saturated carbocycles. The summed E-state index contributed by atoms with van der Waals surface area (Å²) in [6.45, 7) is 7.44. The topological polar surface area (TPSA) is 83.7 Å². The maximum absolute atomic E-state index is 11.7. The van der Waals surface area contributed by atoms with Gasteiger partial charge in [0.15, 0.2) is 0 Å². The van der Waals surface area contributed by atoms with Gasteiger partial charge in [0.2, 0.25) is 5.88 Å². The van der Waals surface area contributed by atoms with E-state index in [1.54, 1.807) is 6.07 Å². The average molecular weight is 268 g/mol. The first kappa shape index (κ1) is 15.1.